The Labute approximate surface area is 139 Å². The van der Waals surface area contributed by atoms with E-state index in [4.69, 9.17) is 23.8 Å². The predicted octanol–water partition coefficient (Wildman–Crippen LogP) is 2.20. The zero-order chi connectivity index (χ0) is 16.0. The minimum absolute atomic E-state index is 0.156. The normalized spacial score (nSPS) is 11.0. The molecule has 0 amide bonds. The molecule has 3 N–H and O–H groups in total. The lowest BCUT2D eigenvalue weighted by atomic mass is 10.2. The molecule has 0 radical (unpaired) electrons. The maximum Gasteiger partial charge on any atom is 0.257 e. The predicted molar refractivity (Wildman–Crippen MR) is 90.8 cm³/mol. The van der Waals surface area contributed by atoms with Crippen LogP contribution in [0.5, 0.6) is 0 Å². The molecule has 2 rings (SSSR count). The highest BCUT2D eigenvalue weighted by Gasteiger charge is 2.12. The van der Waals surface area contributed by atoms with Crippen LogP contribution < -0.4 is 15.6 Å². The van der Waals surface area contributed by atoms with Crippen molar-refractivity contribution in [2.24, 2.45) is 0 Å². The number of halogens is 1. The molecule has 0 unspecified atom stereocenters. The number of benzene rings is 2. The second kappa shape index (κ2) is 7.55. The van der Waals surface area contributed by atoms with Crippen molar-refractivity contribution in [2.75, 3.05) is 0 Å². The van der Waals surface area contributed by atoms with Gasteiger partial charge in [0.05, 0.1) is 4.90 Å². The number of hydrazine groups is 1. The Bertz CT molecular complexity index is 734. The Kier molecular flexibility index (Phi) is 5.73. The van der Waals surface area contributed by atoms with E-state index in [1.807, 2.05) is 12.1 Å². The molecule has 0 aliphatic rings. The van der Waals surface area contributed by atoms with Gasteiger partial charge in [0.2, 0.25) is 0 Å². The minimum Gasteiger partial charge on any atom is -0.358 e. The molecule has 8 heteroatoms. The van der Waals surface area contributed by atoms with Gasteiger partial charge in [-0.05, 0) is 42.0 Å². The quantitative estimate of drug-likeness (QED) is 0.566. The molecule has 0 aliphatic carbocycles. The van der Waals surface area contributed by atoms with E-state index in [9.17, 15) is 8.42 Å². The Hall–Kier alpha value is -1.67. The van der Waals surface area contributed by atoms with Crippen molar-refractivity contribution < 1.29 is 8.42 Å². The molecule has 0 saturated carbocycles. The van der Waals surface area contributed by atoms with Crippen molar-refractivity contribution in [3.8, 4) is 0 Å². The molecule has 0 atom stereocenters. The van der Waals surface area contributed by atoms with Gasteiger partial charge >= 0.3 is 0 Å². The maximum atomic E-state index is 12.0. The van der Waals surface area contributed by atoms with Gasteiger partial charge in [-0.1, -0.05) is 41.9 Å². The van der Waals surface area contributed by atoms with Crippen LogP contribution in [0.4, 0.5) is 0 Å². The summed E-state index contributed by atoms with van der Waals surface area (Å²) >= 11 is 10.8. The Morgan fingerprint density at radius 1 is 1.05 bits per heavy atom. The third-order valence-corrected chi connectivity index (χ3v) is 4.48. The Morgan fingerprint density at radius 3 is 2.32 bits per heavy atom. The minimum atomic E-state index is -3.65. The lowest BCUT2D eigenvalue weighted by Gasteiger charge is -2.12. The first-order valence-electron chi connectivity index (χ1n) is 6.32. The topological polar surface area (TPSA) is 70.2 Å². The number of hydrogen-bond acceptors (Lipinski definition) is 3. The lowest BCUT2D eigenvalue weighted by Crippen LogP contribution is -2.46. The van der Waals surface area contributed by atoms with Gasteiger partial charge < -0.3 is 5.32 Å². The van der Waals surface area contributed by atoms with Crippen molar-refractivity contribution in [3.63, 3.8) is 0 Å². The summed E-state index contributed by atoms with van der Waals surface area (Å²) in [6, 6.07) is 15.3. The van der Waals surface area contributed by atoms with Gasteiger partial charge in [0.15, 0.2) is 5.11 Å². The number of sulfonamides is 1. The van der Waals surface area contributed by atoms with Crippen LogP contribution in [0.2, 0.25) is 5.02 Å². The average Bonchev–Trinajstić information content (AvgIpc) is 2.53. The van der Waals surface area contributed by atoms with Gasteiger partial charge in [-0.3, -0.25) is 5.43 Å². The van der Waals surface area contributed by atoms with Gasteiger partial charge in [0.25, 0.3) is 10.0 Å². The van der Waals surface area contributed by atoms with Gasteiger partial charge in [0.1, 0.15) is 0 Å². The molecule has 0 heterocycles. The van der Waals surface area contributed by atoms with Crippen molar-refractivity contribution >= 4 is 39.0 Å². The number of nitrogens with one attached hydrogen (secondary N) is 3. The molecule has 0 saturated heterocycles. The van der Waals surface area contributed by atoms with Crippen LogP contribution in [-0.2, 0) is 16.6 Å². The fraction of sp³-hybridized carbons (Fsp3) is 0.0714. The zero-order valence-corrected chi connectivity index (χ0v) is 13.8. The summed E-state index contributed by atoms with van der Waals surface area (Å²) in [5, 5.41) is 3.72. The van der Waals surface area contributed by atoms with E-state index in [0.717, 1.165) is 5.56 Å². The van der Waals surface area contributed by atoms with Crippen LogP contribution >= 0.6 is 23.8 Å². The highest BCUT2D eigenvalue weighted by molar-refractivity contribution is 7.89. The van der Waals surface area contributed by atoms with E-state index < -0.39 is 10.0 Å². The molecule has 0 fully saturated rings. The van der Waals surface area contributed by atoms with Crippen LogP contribution in [0.1, 0.15) is 5.56 Å². The first-order chi connectivity index (χ1) is 10.5. The summed E-state index contributed by atoms with van der Waals surface area (Å²) in [6.45, 7) is 0.454. The second-order valence-electron chi connectivity index (χ2n) is 4.35. The van der Waals surface area contributed by atoms with Crippen LogP contribution in [0, 0.1) is 0 Å². The molecular formula is C14H14ClN3O2S2. The second-order valence-corrected chi connectivity index (χ2v) is 6.88. The fourth-order valence-electron chi connectivity index (χ4n) is 1.60. The van der Waals surface area contributed by atoms with Crippen LogP contribution in [0.15, 0.2) is 59.5 Å². The monoisotopic (exact) mass is 355 g/mol. The average molecular weight is 356 g/mol. The van der Waals surface area contributed by atoms with E-state index in [1.54, 1.807) is 30.3 Å². The third kappa shape index (κ3) is 4.96. The molecule has 0 bridgehead atoms. The molecule has 0 aromatic heterocycles. The highest BCUT2D eigenvalue weighted by Crippen LogP contribution is 2.09. The van der Waals surface area contributed by atoms with Crippen LogP contribution in [-0.4, -0.2) is 13.5 Å². The van der Waals surface area contributed by atoms with E-state index in [-0.39, 0.29) is 10.0 Å². The summed E-state index contributed by atoms with van der Waals surface area (Å²) in [5.74, 6) is 0. The summed E-state index contributed by atoms with van der Waals surface area (Å²) in [4.78, 5) is 2.37. The van der Waals surface area contributed by atoms with E-state index in [1.165, 1.54) is 12.1 Å². The molecule has 5 nitrogen and oxygen atoms in total. The molecule has 22 heavy (non-hydrogen) atoms. The zero-order valence-electron chi connectivity index (χ0n) is 11.4. The van der Waals surface area contributed by atoms with Crippen molar-refractivity contribution in [2.45, 2.75) is 11.4 Å². The van der Waals surface area contributed by atoms with E-state index in [0.29, 0.717) is 11.6 Å². The SMILES string of the molecule is O=S(=O)(NNC(=S)NCc1ccc(Cl)cc1)c1ccccc1. The molecule has 116 valence electrons. The summed E-state index contributed by atoms with van der Waals surface area (Å²) in [7, 11) is -3.65. The van der Waals surface area contributed by atoms with Gasteiger partial charge in [-0.25, -0.2) is 8.42 Å². The number of hydrogen-bond donors (Lipinski definition) is 3. The summed E-state index contributed by atoms with van der Waals surface area (Å²) in [6.07, 6.45) is 0. The fourth-order valence-corrected chi connectivity index (χ4v) is 2.78. The lowest BCUT2D eigenvalue weighted by molar-refractivity contribution is 0.576. The van der Waals surface area contributed by atoms with E-state index >= 15 is 0 Å². The van der Waals surface area contributed by atoms with Crippen LogP contribution in [0.25, 0.3) is 0 Å². The molecule has 2 aromatic rings. The highest BCUT2D eigenvalue weighted by atomic mass is 35.5. The molecular weight excluding hydrogens is 342 g/mol. The van der Waals surface area contributed by atoms with Gasteiger partial charge in [-0.2, -0.15) is 0 Å². The van der Waals surface area contributed by atoms with E-state index in [2.05, 4.69) is 15.6 Å². The van der Waals surface area contributed by atoms with Crippen molar-refractivity contribution in [1.29, 1.82) is 0 Å². The summed E-state index contributed by atoms with van der Waals surface area (Å²) in [5.41, 5.74) is 3.43. The Morgan fingerprint density at radius 2 is 1.68 bits per heavy atom. The number of thiocarbonyl (C=S) groups is 1. The smallest absolute Gasteiger partial charge is 0.257 e. The maximum absolute atomic E-state index is 12.0. The van der Waals surface area contributed by atoms with Crippen molar-refractivity contribution in [3.05, 3.63) is 65.2 Å². The third-order valence-electron chi connectivity index (χ3n) is 2.72. The van der Waals surface area contributed by atoms with Gasteiger partial charge in [-0.15, -0.1) is 4.83 Å². The standard InChI is InChI=1S/C14H14ClN3O2S2/c15-12-8-6-11(7-9-12)10-16-14(21)17-18-22(19,20)13-4-2-1-3-5-13/h1-9,18H,10H2,(H2,16,17,21). The largest absolute Gasteiger partial charge is 0.358 e. The molecule has 0 spiro atoms. The summed E-state index contributed by atoms with van der Waals surface area (Å²) < 4.78 is 23.9. The first-order valence-corrected chi connectivity index (χ1v) is 8.59. The van der Waals surface area contributed by atoms with Crippen molar-refractivity contribution in [1.82, 2.24) is 15.6 Å². The van der Waals surface area contributed by atoms with Gasteiger partial charge in [0, 0.05) is 11.6 Å². The first kappa shape index (κ1) is 16.7. The number of rotatable bonds is 5. The molecule has 0 aliphatic heterocycles. The Balaban J connectivity index is 1.84. The molecule has 2 aromatic carbocycles. The van der Waals surface area contributed by atoms with Crippen LogP contribution in [0.3, 0.4) is 0 Å².